The first-order valence-electron chi connectivity index (χ1n) is 4.74. The molecule has 1 amide bonds. The van der Waals surface area contributed by atoms with Gasteiger partial charge in [-0.3, -0.25) is 4.79 Å². The van der Waals surface area contributed by atoms with E-state index in [1.165, 1.54) is 16.7 Å². The summed E-state index contributed by atoms with van der Waals surface area (Å²) < 4.78 is 11.0. The molecule has 0 spiro atoms. The van der Waals surface area contributed by atoms with E-state index in [0.29, 0.717) is 0 Å². The van der Waals surface area contributed by atoms with Gasteiger partial charge in [0, 0.05) is 4.75 Å². The molecule has 1 unspecified atom stereocenters. The lowest BCUT2D eigenvalue weighted by Crippen LogP contribution is -2.71. The summed E-state index contributed by atoms with van der Waals surface area (Å²) in [4.78, 5) is 24.2. The molecule has 0 radical (unpaired) electrons. The lowest BCUT2D eigenvalue weighted by atomic mass is 9.92. The number of hydrogen-bond donors (Lipinski definition) is 1. The third-order valence-corrected chi connectivity index (χ3v) is 5.99. The summed E-state index contributed by atoms with van der Waals surface area (Å²) >= 11 is 4.41. The van der Waals surface area contributed by atoms with Crippen molar-refractivity contribution in [1.82, 2.24) is 4.90 Å². The number of carbonyl (C=O) groups is 2. The number of nitrogens with zero attached hydrogens (tertiary/aromatic N) is 1. The first-order valence-corrected chi connectivity index (χ1v) is 6.41. The van der Waals surface area contributed by atoms with Crippen LogP contribution in [-0.2, 0) is 9.59 Å². The van der Waals surface area contributed by atoms with E-state index >= 15 is 0 Å². The molecule has 2 heterocycles. The second-order valence-corrected chi connectivity index (χ2v) is 7.67. The minimum atomic E-state index is -1.22. The van der Waals surface area contributed by atoms with Gasteiger partial charge in [-0.15, -0.1) is 11.8 Å². The van der Waals surface area contributed by atoms with Crippen LogP contribution < -0.4 is 0 Å². The van der Waals surface area contributed by atoms with Gasteiger partial charge in [-0.1, -0.05) is 15.9 Å². The quantitative estimate of drug-likeness (QED) is 0.616. The first kappa shape index (κ1) is 12.2. The molecule has 3 atom stereocenters. The zero-order chi connectivity index (χ0) is 12.3. The molecule has 2 rings (SSSR count). The number of fused-ring (bicyclic) bond motifs is 1. The Hall–Kier alpha value is -0.300. The Morgan fingerprint density at radius 3 is 2.69 bits per heavy atom. The highest BCUT2D eigenvalue weighted by Crippen LogP contribution is 2.57. The summed E-state index contributed by atoms with van der Waals surface area (Å²) in [5, 5.41) is 8.69. The van der Waals surface area contributed by atoms with Crippen LogP contribution in [-0.4, -0.2) is 49.0 Å². The number of halogens is 2. The monoisotopic (exact) mass is 311 g/mol. The molecular weight excluding hydrogens is 301 g/mol. The molecule has 2 saturated heterocycles. The molecule has 0 saturated carbocycles. The largest absolute Gasteiger partial charge is 0.480 e. The van der Waals surface area contributed by atoms with Gasteiger partial charge in [0.25, 0.3) is 0 Å². The van der Waals surface area contributed by atoms with E-state index in [1.807, 2.05) is 0 Å². The maximum Gasteiger partial charge on any atom is 0.327 e. The average molecular weight is 312 g/mol. The SMILES string of the molecule is CC1(C)S[C@H]2N(C(=O)C2(Br)CF)[C@H]1C(=O)O. The molecule has 0 bridgehead atoms. The molecule has 0 aromatic carbocycles. The molecule has 0 aliphatic carbocycles. The van der Waals surface area contributed by atoms with E-state index in [2.05, 4.69) is 15.9 Å². The Bertz CT molecular complexity index is 378. The fourth-order valence-electron chi connectivity index (χ4n) is 2.21. The number of amides is 1. The number of alkyl halides is 2. The fourth-order valence-corrected chi connectivity index (χ4v) is 4.52. The number of carbonyl (C=O) groups excluding carboxylic acids is 1. The van der Waals surface area contributed by atoms with Gasteiger partial charge in [0.15, 0.2) is 4.32 Å². The van der Waals surface area contributed by atoms with Crippen LogP contribution in [0.4, 0.5) is 4.39 Å². The van der Waals surface area contributed by atoms with Crippen molar-refractivity contribution in [3.05, 3.63) is 0 Å². The third-order valence-electron chi connectivity index (χ3n) is 3.01. The van der Waals surface area contributed by atoms with E-state index in [1.54, 1.807) is 13.8 Å². The van der Waals surface area contributed by atoms with Gasteiger partial charge >= 0.3 is 5.97 Å². The zero-order valence-electron chi connectivity index (χ0n) is 8.74. The topological polar surface area (TPSA) is 57.6 Å². The van der Waals surface area contributed by atoms with Crippen LogP contribution in [0.1, 0.15) is 13.8 Å². The molecule has 90 valence electrons. The summed E-state index contributed by atoms with van der Waals surface area (Å²) in [6, 6.07) is -0.882. The number of hydrogen-bond acceptors (Lipinski definition) is 3. The van der Waals surface area contributed by atoms with Crippen LogP contribution in [0.2, 0.25) is 0 Å². The number of β-lactam (4-membered cyclic amide) rings is 1. The van der Waals surface area contributed by atoms with Crippen molar-refractivity contribution in [1.29, 1.82) is 0 Å². The number of aliphatic carboxylic acids is 1. The van der Waals surface area contributed by atoms with Gasteiger partial charge in [0.05, 0.1) is 0 Å². The van der Waals surface area contributed by atoms with Crippen molar-refractivity contribution in [2.45, 2.75) is 34.3 Å². The number of carboxylic acid groups (broad SMARTS) is 1. The number of thioether (sulfide) groups is 1. The maximum atomic E-state index is 12.8. The second-order valence-electron chi connectivity index (χ2n) is 4.52. The molecule has 1 N–H and O–H groups in total. The van der Waals surface area contributed by atoms with E-state index in [4.69, 9.17) is 5.11 Å². The van der Waals surface area contributed by atoms with Crippen molar-refractivity contribution >= 4 is 39.6 Å². The highest BCUT2D eigenvalue weighted by atomic mass is 79.9. The summed E-state index contributed by atoms with van der Waals surface area (Å²) in [7, 11) is 0. The van der Waals surface area contributed by atoms with E-state index in [-0.39, 0.29) is 0 Å². The van der Waals surface area contributed by atoms with E-state index in [0.717, 1.165) is 0 Å². The van der Waals surface area contributed by atoms with Gasteiger partial charge < -0.3 is 10.0 Å². The molecule has 0 aromatic rings. The standard InChI is InChI=1S/C9H11BrFNO3S/c1-8(2)4(5(13)14)12-6(15)9(10,3-11)7(12)16-8/h4,7H,3H2,1-2H3,(H,13,14)/t4-,7+,9?/m0/s1. The highest BCUT2D eigenvalue weighted by molar-refractivity contribution is 9.10. The molecule has 7 heteroatoms. The summed E-state index contributed by atoms with van der Waals surface area (Å²) in [5.41, 5.74) is 0. The minimum absolute atomic E-state index is 0.430. The Morgan fingerprint density at radius 1 is 1.69 bits per heavy atom. The lowest BCUT2D eigenvalue weighted by molar-refractivity contribution is -0.161. The van der Waals surface area contributed by atoms with Gasteiger partial charge in [-0.25, -0.2) is 9.18 Å². The molecule has 16 heavy (non-hydrogen) atoms. The van der Waals surface area contributed by atoms with Crippen molar-refractivity contribution in [2.24, 2.45) is 0 Å². The maximum absolute atomic E-state index is 12.8. The van der Waals surface area contributed by atoms with E-state index < -0.39 is 39.0 Å². The van der Waals surface area contributed by atoms with Crippen LogP contribution in [0.25, 0.3) is 0 Å². The minimum Gasteiger partial charge on any atom is -0.480 e. The van der Waals surface area contributed by atoms with Crippen molar-refractivity contribution in [2.75, 3.05) is 6.67 Å². The summed E-state index contributed by atoms with van der Waals surface area (Å²) in [6.07, 6.45) is 0. The third kappa shape index (κ3) is 1.27. The molecule has 2 aliphatic rings. The van der Waals surface area contributed by atoms with Crippen LogP contribution in [0.5, 0.6) is 0 Å². The van der Waals surface area contributed by atoms with Gasteiger partial charge in [-0.05, 0) is 13.8 Å². The zero-order valence-corrected chi connectivity index (χ0v) is 11.1. The Labute approximate surface area is 105 Å². The molecular formula is C9H11BrFNO3S. The Balaban J connectivity index is 2.35. The van der Waals surface area contributed by atoms with Gasteiger partial charge in [0.2, 0.25) is 5.91 Å². The fraction of sp³-hybridized carbons (Fsp3) is 0.778. The smallest absolute Gasteiger partial charge is 0.327 e. The highest BCUT2D eigenvalue weighted by Gasteiger charge is 2.70. The van der Waals surface area contributed by atoms with Crippen molar-refractivity contribution in [3.63, 3.8) is 0 Å². The van der Waals surface area contributed by atoms with Crippen molar-refractivity contribution in [3.8, 4) is 0 Å². The van der Waals surface area contributed by atoms with Crippen LogP contribution >= 0.6 is 27.7 Å². The predicted molar refractivity (Wildman–Crippen MR) is 61.4 cm³/mol. The molecule has 0 aromatic heterocycles. The number of rotatable bonds is 2. The molecule has 4 nitrogen and oxygen atoms in total. The summed E-state index contributed by atoms with van der Waals surface area (Å²) in [6.45, 7) is 2.70. The van der Waals surface area contributed by atoms with Gasteiger partial charge in [-0.2, -0.15) is 0 Å². The van der Waals surface area contributed by atoms with Crippen LogP contribution in [0.3, 0.4) is 0 Å². The van der Waals surface area contributed by atoms with Crippen molar-refractivity contribution < 1.29 is 19.1 Å². The molecule has 2 aliphatic heterocycles. The molecule has 2 fully saturated rings. The Kier molecular flexibility index (Phi) is 2.55. The van der Waals surface area contributed by atoms with Gasteiger partial charge in [0.1, 0.15) is 18.1 Å². The summed E-state index contributed by atoms with van der Waals surface area (Å²) in [5.74, 6) is -1.51. The van der Waals surface area contributed by atoms with Crippen LogP contribution in [0.15, 0.2) is 0 Å². The second kappa shape index (κ2) is 3.35. The Morgan fingerprint density at radius 2 is 2.25 bits per heavy atom. The van der Waals surface area contributed by atoms with E-state index in [9.17, 15) is 14.0 Å². The first-order chi connectivity index (χ1) is 7.25. The normalized spacial score (nSPS) is 40.5. The predicted octanol–water partition coefficient (Wildman–Crippen LogP) is 1.24. The number of carboxylic acids is 1. The average Bonchev–Trinajstić information content (AvgIpc) is 2.46. The lowest BCUT2D eigenvalue weighted by Gasteiger charge is -2.48. The van der Waals surface area contributed by atoms with Crippen LogP contribution in [0, 0.1) is 0 Å².